The van der Waals surface area contributed by atoms with Gasteiger partial charge in [0.1, 0.15) is 0 Å². The van der Waals surface area contributed by atoms with E-state index in [2.05, 4.69) is 125 Å². The summed E-state index contributed by atoms with van der Waals surface area (Å²) < 4.78 is 1.25. The summed E-state index contributed by atoms with van der Waals surface area (Å²) in [6, 6.07) is 31.9. The van der Waals surface area contributed by atoms with Crippen LogP contribution in [-0.2, 0) is 23.2 Å². The van der Waals surface area contributed by atoms with Crippen LogP contribution in [-0.4, -0.2) is 0 Å². The molecule has 184 valence electrons. The van der Waals surface area contributed by atoms with Crippen molar-refractivity contribution < 1.29 is 48.0 Å². The zero-order valence-corrected chi connectivity index (χ0v) is 25.6. The van der Waals surface area contributed by atoms with Crippen LogP contribution < -0.4 is 24.8 Å². The molecular weight excluding hydrogens is 571 g/mol. The fourth-order valence-corrected chi connectivity index (χ4v) is 10.3. The average molecular weight is 601 g/mol. The van der Waals surface area contributed by atoms with E-state index in [4.69, 9.17) is 0 Å². The van der Waals surface area contributed by atoms with Gasteiger partial charge < -0.3 is 24.8 Å². The van der Waals surface area contributed by atoms with Crippen molar-refractivity contribution >= 4 is 12.2 Å². The van der Waals surface area contributed by atoms with E-state index in [-0.39, 0.29) is 24.8 Å². The number of hydrogen-bond donors (Lipinski definition) is 0. The summed E-state index contributed by atoms with van der Waals surface area (Å²) in [5.74, 6) is 0. The van der Waals surface area contributed by atoms with Crippen molar-refractivity contribution in [2.24, 2.45) is 0 Å². The summed E-state index contributed by atoms with van der Waals surface area (Å²) in [4.78, 5) is 0. The second kappa shape index (κ2) is 11.3. The van der Waals surface area contributed by atoms with Crippen molar-refractivity contribution in [2.45, 2.75) is 34.9 Å². The first-order valence-electron chi connectivity index (χ1n) is 12.5. The Bertz CT molecular complexity index is 1380. The molecule has 0 saturated heterocycles. The molecule has 4 aromatic rings. The summed E-state index contributed by atoms with van der Waals surface area (Å²) in [5.41, 5.74) is 17.2. The van der Waals surface area contributed by atoms with Crippen molar-refractivity contribution in [1.82, 2.24) is 0 Å². The van der Waals surface area contributed by atoms with Crippen LogP contribution in [0.2, 0.25) is 0 Å². The van der Waals surface area contributed by atoms with Crippen LogP contribution in [0.4, 0.5) is 0 Å². The molecule has 4 aromatic carbocycles. The zero-order valence-electron chi connectivity index (χ0n) is 21.6. The van der Waals surface area contributed by atoms with E-state index in [0.717, 1.165) is 0 Å². The minimum Gasteiger partial charge on any atom is -1.00 e. The zero-order chi connectivity index (χ0) is 24.1. The van der Waals surface area contributed by atoms with Gasteiger partial charge in [-0.15, -0.1) is 0 Å². The normalized spacial score (nSPS) is 17.0. The van der Waals surface area contributed by atoms with Gasteiger partial charge in [-0.2, -0.15) is 0 Å². The predicted molar refractivity (Wildman–Crippen MR) is 146 cm³/mol. The molecule has 0 bridgehead atoms. The summed E-state index contributed by atoms with van der Waals surface area (Å²) in [6.45, 7) is 9.04. The largest absolute Gasteiger partial charge is 1.00 e. The maximum atomic E-state index is 2.48. The number of fused-ring (bicyclic) bond motifs is 2. The van der Waals surface area contributed by atoms with Crippen LogP contribution in [0.3, 0.4) is 0 Å². The molecule has 0 aromatic heterocycles. The summed E-state index contributed by atoms with van der Waals surface area (Å²) in [5, 5.41) is 0. The topological polar surface area (TPSA) is 0 Å². The Labute approximate surface area is 245 Å². The van der Waals surface area contributed by atoms with E-state index >= 15 is 0 Å². The summed E-state index contributed by atoms with van der Waals surface area (Å²) in [6.07, 6.45) is 4.96. The van der Waals surface area contributed by atoms with Gasteiger partial charge >= 0.3 is 222 Å². The first kappa shape index (κ1) is 27.8. The van der Waals surface area contributed by atoms with Crippen LogP contribution in [0.25, 0.3) is 34.4 Å². The fourth-order valence-electron chi connectivity index (χ4n) is 5.68. The number of aryl methyl sites for hydroxylation is 2. The maximum Gasteiger partial charge on any atom is -1.00 e. The maximum absolute atomic E-state index is 2.48. The van der Waals surface area contributed by atoms with E-state index in [1.54, 1.807) is 22.3 Å². The third-order valence-electron chi connectivity index (χ3n) is 7.61. The number of rotatable bonds is 4. The number of allylic oxidation sites excluding steroid dienone is 2. The molecule has 0 heterocycles. The molecule has 0 amide bonds. The third-order valence-corrected chi connectivity index (χ3v) is 13.0. The van der Waals surface area contributed by atoms with Gasteiger partial charge in [-0.3, -0.25) is 0 Å². The molecule has 0 nitrogen and oxygen atoms in total. The smallest absolute Gasteiger partial charge is 1.00 e. The first-order valence-corrected chi connectivity index (χ1v) is 15.4. The van der Waals surface area contributed by atoms with Crippen LogP contribution in [0.1, 0.15) is 54.5 Å². The van der Waals surface area contributed by atoms with Gasteiger partial charge in [-0.1, -0.05) is 0 Å². The Morgan fingerprint density at radius 1 is 0.486 bits per heavy atom. The molecule has 0 N–H and O–H groups in total. The monoisotopic (exact) mass is 598 g/mol. The van der Waals surface area contributed by atoms with Crippen molar-refractivity contribution in [3.05, 3.63) is 129 Å². The minimum atomic E-state index is -0.851. The van der Waals surface area contributed by atoms with Gasteiger partial charge in [0.2, 0.25) is 0 Å². The quantitative estimate of drug-likeness (QED) is 0.337. The molecule has 2 aliphatic rings. The van der Waals surface area contributed by atoms with E-state index in [1.165, 1.54) is 44.5 Å². The summed E-state index contributed by atoms with van der Waals surface area (Å²) in [7, 11) is 0. The third kappa shape index (κ3) is 5.12. The van der Waals surface area contributed by atoms with Gasteiger partial charge in [0, 0.05) is 0 Å². The molecule has 6 rings (SSSR count). The molecule has 0 spiro atoms. The number of benzene rings is 4. The molecule has 0 fully saturated rings. The standard InChI is InChI=1S/2C17H15.2ClH.Zr/c2*1-12-6-8-14(9-7-12)16-5-3-4-15-10-13(2)11-17(15)16;;;/h2*3-11H,1-2H3;2*1H;/q;;;;+2/p-2. The average Bonchev–Trinajstić information content (AvgIpc) is 3.36. The molecule has 0 aliphatic heterocycles. The molecule has 37 heavy (non-hydrogen) atoms. The number of halogens is 2. The molecule has 3 heteroatoms. The second-order valence-corrected chi connectivity index (χ2v) is 13.8. The Morgan fingerprint density at radius 2 is 0.865 bits per heavy atom. The van der Waals surface area contributed by atoms with Crippen molar-refractivity contribution in [3.63, 3.8) is 0 Å². The SMILES string of the molecule is CC1=Cc2c(-c3ccc(C)cc3)cccc2[CH]1[Zr+2][CH]1C(C)=Cc2c(-c3ccc(C)cc3)cccc21.[Cl-].[Cl-]. The molecule has 2 aliphatic carbocycles. The molecule has 2 atom stereocenters. The first-order chi connectivity index (χ1) is 17.0. The van der Waals surface area contributed by atoms with Gasteiger partial charge in [0.15, 0.2) is 0 Å². The van der Waals surface area contributed by atoms with Crippen molar-refractivity contribution in [3.8, 4) is 22.3 Å². The van der Waals surface area contributed by atoms with Gasteiger partial charge in [-0.25, -0.2) is 0 Å². The van der Waals surface area contributed by atoms with E-state index in [1.807, 2.05) is 0 Å². The van der Waals surface area contributed by atoms with Crippen molar-refractivity contribution in [2.75, 3.05) is 0 Å². The van der Waals surface area contributed by atoms with Crippen LogP contribution in [0.15, 0.2) is 96.1 Å². The van der Waals surface area contributed by atoms with Gasteiger partial charge in [-0.05, 0) is 0 Å². The Kier molecular flexibility index (Phi) is 8.49. The molecule has 2 unspecified atom stereocenters. The van der Waals surface area contributed by atoms with Crippen LogP contribution in [0.5, 0.6) is 0 Å². The van der Waals surface area contributed by atoms with E-state index in [0.29, 0.717) is 7.25 Å². The second-order valence-electron chi connectivity index (χ2n) is 10.2. The van der Waals surface area contributed by atoms with Crippen molar-refractivity contribution in [1.29, 1.82) is 0 Å². The molecular formula is C34H30Cl2Zr. The van der Waals surface area contributed by atoms with Crippen LogP contribution in [0, 0.1) is 13.8 Å². The Morgan fingerprint density at radius 3 is 1.24 bits per heavy atom. The number of hydrogen-bond acceptors (Lipinski definition) is 0. The van der Waals surface area contributed by atoms with E-state index < -0.39 is 23.2 Å². The van der Waals surface area contributed by atoms with Gasteiger partial charge in [0.05, 0.1) is 0 Å². The Balaban J connectivity index is 0.00000160. The summed E-state index contributed by atoms with van der Waals surface area (Å²) >= 11 is -0.851. The predicted octanol–water partition coefficient (Wildman–Crippen LogP) is 3.34. The molecule has 0 saturated carbocycles. The van der Waals surface area contributed by atoms with Crippen LogP contribution >= 0.6 is 0 Å². The Hall–Kier alpha value is -2.18. The minimum absolute atomic E-state index is 0. The van der Waals surface area contributed by atoms with E-state index in [9.17, 15) is 0 Å². The molecule has 0 radical (unpaired) electrons. The van der Waals surface area contributed by atoms with Gasteiger partial charge in [0.25, 0.3) is 0 Å². The fraction of sp³-hybridized carbons (Fsp3) is 0.176.